The molecule has 21 heavy (non-hydrogen) atoms. The SMILES string of the molecule is CCN(CC)C(CNC(N)=NCC(C)C)c1ccccc1. The van der Waals surface area contributed by atoms with Crippen LogP contribution in [0.4, 0.5) is 0 Å². The lowest BCUT2D eigenvalue weighted by atomic mass is 10.1. The molecular weight excluding hydrogens is 260 g/mol. The maximum absolute atomic E-state index is 5.95. The second-order valence-corrected chi connectivity index (χ2v) is 5.65. The van der Waals surface area contributed by atoms with Crippen LogP contribution in [-0.4, -0.2) is 37.0 Å². The lowest BCUT2D eigenvalue weighted by Crippen LogP contribution is -2.41. The van der Waals surface area contributed by atoms with Gasteiger partial charge in [0.2, 0.25) is 0 Å². The molecule has 0 spiro atoms. The highest BCUT2D eigenvalue weighted by Crippen LogP contribution is 2.19. The Morgan fingerprint density at radius 3 is 2.33 bits per heavy atom. The average Bonchev–Trinajstić information content (AvgIpc) is 2.50. The maximum atomic E-state index is 5.95. The zero-order chi connectivity index (χ0) is 15.7. The van der Waals surface area contributed by atoms with Gasteiger partial charge in [-0.3, -0.25) is 9.89 Å². The van der Waals surface area contributed by atoms with Gasteiger partial charge in [-0.2, -0.15) is 0 Å². The van der Waals surface area contributed by atoms with Gasteiger partial charge in [0.05, 0.1) is 6.04 Å². The van der Waals surface area contributed by atoms with Gasteiger partial charge in [0.15, 0.2) is 5.96 Å². The van der Waals surface area contributed by atoms with Crippen LogP contribution in [0.2, 0.25) is 0 Å². The molecule has 1 unspecified atom stereocenters. The molecule has 0 aliphatic carbocycles. The quantitative estimate of drug-likeness (QED) is 0.571. The van der Waals surface area contributed by atoms with E-state index in [1.54, 1.807) is 0 Å². The normalized spacial score (nSPS) is 13.7. The predicted molar refractivity (Wildman–Crippen MR) is 91.4 cm³/mol. The molecule has 3 N–H and O–H groups in total. The monoisotopic (exact) mass is 290 g/mol. The molecule has 118 valence electrons. The van der Waals surface area contributed by atoms with E-state index < -0.39 is 0 Å². The third-order valence-electron chi connectivity index (χ3n) is 3.54. The first-order chi connectivity index (χ1) is 10.1. The lowest BCUT2D eigenvalue weighted by Gasteiger charge is -2.30. The van der Waals surface area contributed by atoms with Crippen LogP contribution in [0.5, 0.6) is 0 Å². The maximum Gasteiger partial charge on any atom is 0.188 e. The second kappa shape index (κ2) is 9.40. The van der Waals surface area contributed by atoms with Crippen molar-refractivity contribution < 1.29 is 0 Å². The van der Waals surface area contributed by atoms with E-state index in [0.717, 1.165) is 26.2 Å². The van der Waals surface area contributed by atoms with E-state index in [4.69, 9.17) is 5.73 Å². The van der Waals surface area contributed by atoms with Crippen LogP contribution in [-0.2, 0) is 0 Å². The van der Waals surface area contributed by atoms with Gasteiger partial charge in [-0.25, -0.2) is 0 Å². The Kier molecular flexibility index (Phi) is 7.83. The van der Waals surface area contributed by atoms with Crippen molar-refractivity contribution in [3.8, 4) is 0 Å². The van der Waals surface area contributed by atoms with Gasteiger partial charge < -0.3 is 11.1 Å². The van der Waals surface area contributed by atoms with Crippen LogP contribution < -0.4 is 11.1 Å². The first-order valence-electron chi connectivity index (χ1n) is 7.91. The van der Waals surface area contributed by atoms with Gasteiger partial charge in [-0.05, 0) is 24.6 Å². The number of guanidine groups is 1. The molecular formula is C17H30N4. The van der Waals surface area contributed by atoms with Crippen molar-refractivity contribution >= 4 is 5.96 Å². The number of aliphatic imine (C=N–C) groups is 1. The summed E-state index contributed by atoms with van der Waals surface area (Å²) in [5.41, 5.74) is 7.26. The van der Waals surface area contributed by atoms with E-state index in [1.807, 2.05) is 0 Å². The van der Waals surface area contributed by atoms with Crippen molar-refractivity contribution in [2.75, 3.05) is 26.2 Å². The summed E-state index contributed by atoms with van der Waals surface area (Å²) >= 11 is 0. The minimum Gasteiger partial charge on any atom is -0.370 e. The second-order valence-electron chi connectivity index (χ2n) is 5.65. The third kappa shape index (κ3) is 6.17. The molecule has 0 saturated heterocycles. The molecule has 1 atom stereocenters. The summed E-state index contributed by atoms with van der Waals surface area (Å²) in [6, 6.07) is 10.9. The number of hydrogen-bond donors (Lipinski definition) is 2. The minimum absolute atomic E-state index is 0.314. The summed E-state index contributed by atoms with van der Waals surface area (Å²) in [7, 11) is 0. The van der Waals surface area contributed by atoms with Crippen molar-refractivity contribution in [1.82, 2.24) is 10.2 Å². The summed E-state index contributed by atoms with van der Waals surface area (Å²) in [4.78, 5) is 6.79. The van der Waals surface area contributed by atoms with Crippen LogP contribution in [0.25, 0.3) is 0 Å². The van der Waals surface area contributed by atoms with E-state index in [2.05, 4.69) is 73.2 Å². The molecule has 0 radical (unpaired) electrons. The predicted octanol–water partition coefficient (Wildman–Crippen LogP) is 2.63. The first-order valence-corrected chi connectivity index (χ1v) is 7.91. The van der Waals surface area contributed by atoms with E-state index >= 15 is 0 Å². The van der Waals surface area contributed by atoms with E-state index in [9.17, 15) is 0 Å². The highest BCUT2D eigenvalue weighted by molar-refractivity contribution is 5.77. The van der Waals surface area contributed by atoms with Gasteiger partial charge in [0.25, 0.3) is 0 Å². The van der Waals surface area contributed by atoms with Crippen molar-refractivity contribution in [3.63, 3.8) is 0 Å². The van der Waals surface area contributed by atoms with Crippen molar-refractivity contribution in [2.45, 2.75) is 33.7 Å². The summed E-state index contributed by atoms with van der Waals surface area (Å²) < 4.78 is 0. The fraction of sp³-hybridized carbons (Fsp3) is 0.588. The molecule has 0 aliphatic heterocycles. The number of nitrogens with zero attached hydrogens (tertiary/aromatic N) is 2. The van der Waals surface area contributed by atoms with Crippen LogP contribution >= 0.6 is 0 Å². The van der Waals surface area contributed by atoms with Gasteiger partial charge >= 0.3 is 0 Å². The van der Waals surface area contributed by atoms with Gasteiger partial charge in [0.1, 0.15) is 0 Å². The zero-order valence-corrected chi connectivity index (χ0v) is 13.8. The number of nitrogens with two attached hydrogens (primary N) is 1. The summed E-state index contributed by atoms with van der Waals surface area (Å²) in [6.07, 6.45) is 0. The van der Waals surface area contributed by atoms with E-state index in [1.165, 1.54) is 5.56 Å². The average molecular weight is 290 g/mol. The molecule has 0 heterocycles. The summed E-state index contributed by atoms with van der Waals surface area (Å²) in [5, 5.41) is 3.27. The Morgan fingerprint density at radius 1 is 1.19 bits per heavy atom. The largest absolute Gasteiger partial charge is 0.370 e. The smallest absolute Gasteiger partial charge is 0.188 e. The van der Waals surface area contributed by atoms with E-state index in [-0.39, 0.29) is 0 Å². The molecule has 0 aliphatic rings. The van der Waals surface area contributed by atoms with Gasteiger partial charge in [0, 0.05) is 13.1 Å². The summed E-state index contributed by atoms with van der Waals surface area (Å²) in [5.74, 6) is 1.06. The Labute approximate surface area is 129 Å². The molecule has 1 aromatic carbocycles. The van der Waals surface area contributed by atoms with Gasteiger partial charge in [-0.1, -0.05) is 58.0 Å². The Hall–Kier alpha value is -1.55. The lowest BCUT2D eigenvalue weighted by molar-refractivity contribution is 0.219. The standard InChI is InChI=1S/C17H30N4/c1-5-21(6-2)16(15-10-8-7-9-11-15)13-20-17(18)19-12-14(3)4/h7-11,14,16H,5-6,12-13H2,1-4H3,(H3,18,19,20). The highest BCUT2D eigenvalue weighted by atomic mass is 15.2. The van der Waals surface area contributed by atoms with Crippen molar-refractivity contribution in [1.29, 1.82) is 0 Å². The molecule has 0 amide bonds. The molecule has 0 saturated carbocycles. The number of benzene rings is 1. The third-order valence-corrected chi connectivity index (χ3v) is 3.54. The van der Waals surface area contributed by atoms with E-state index in [0.29, 0.717) is 17.9 Å². The zero-order valence-electron chi connectivity index (χ0n) is 13.8. The molecule has 0 aromatic heterocycles. The number of rotatable bonds is 8. The molecule has 4 heteroatoms. The molecule has 1 aromatic rings. The van der Waals surface area contributed by atoms with Crippen LogP contribution in [0.3, 0.4) is 0 Å². The van der Waals surface area contributed by atoms with Crippen molar-refractivity contribution in [3.05, 3.63) is 35.9 Å². The van der Waals surface area contributed by atoms with Crippen LogP contribution in [0.15, 0.2) is 35.3 Å². The fourth-order valence-corrected chi connectivity index (χ4v) is 2.34. The minimum atomic E-state index is 0.314. The first kappa shape index (κ1) is 17.5. The Morgan fingerprint density at radius 2 is 1.81 bits per heavy atom. The molecule has 0 fully saturated rings. The topological polar surface area (TPSA) is 53.6 Å². The van der Waals surface area contributed by atoms with Crippen LogP contribution in [0, 0.1) is 5.92 Å². The number of likely N-dealkylation sites (N-methyl/N-ethyl adjacent to an activating group) is 1. The molecule has 4 nitrogen and oxygen atoms in total. The highest BCUT2D eigenvalue weighted by Gasteiger charge is 2.17. The number of hydrogen-bond acceptors (Lipinski definition) is 2. The molecule has 0 bridgehead atoms. The number of nitrogens with one attached hydrogen (secondary N) is 1. The summed E-state index contributed by atoms with van der Waals surface area (Å²) in [6.45, 7) is 12.2. The van der Waals surface area contributed by atoms with Gasteiger partial charge in [-0.15, -0.1) is 0 Å². The van der Waals surface area contributed by atoms with Crippen molar-refractivity contribution in [2.24, 2.45) is 16.6 Å². The molecule has 1 rings (SSSR count). The fourth-order valence-electron chi connectivity index (χ4n) is 2.34. The Balaban J connectivity index is 2.72. The Bertz CT molecular complexity index is 410. The van der Waals surface area contributed by atoms with Crippen LogP contribution in [0.1, 0.15) is 39.3 Å².